The van der Waals surface area contributed by atoms with Crippen LogP contribution in [0.1, 0.15) is 48.6 Å². The second kappa shape index (κ2) is 7.54. The SMILES string of the molecule is CN(c1ccnc(C2CC2)n1)C1CCN(c2cccc(C(F)(F)F)c2C#N)CC1. The number of piperidine rings is 1. The standard InChI is InChI=1S/C21H22F3N5/c1-28(19-7-10-26-20(27-19)14-5-6-14)15-8-11-29(12-9-15)18-4-2-3-17(16(18)13-25)21(22,23)24/h2-4,7,10,14-15H,5-6,8-9,11-12H2,1H3. The molecule has 8 heteroatoms. The first-order valence-corrected chi connectivity index (χ1v) is 9.79. The fourth-order valence-corrected chi connectivity index (χ4v) is 3.94. The van der Waals surface area contributed by atoms with Crippen LogP contribution in [0.15, 0.2) is 30.5 Å². The van der Waals surface area contributed by atoms with Crippen LogP contribution in [-0.4, -0.2) is 36.1 Å². The Labute approximate surface area is 167 Å². The molecule has 0 N–H and O–H groups in total. The first-order chi connectivity index (χ1) is 13.9. The smallest absolute Gasteiger partial charge is 0.370 e. The van der Waals surface area contributed by atoms with E-state index in [9.17, 15) is 18.4 Å². The molecule has 0 radical (unpaired) electrons. The van der Waals surface area contributed by atoms with Gasteiger partial charge in [-0.3, -0.25) is 0 Å². The van der Waals surface area contributed by atoms with Crippen LogP contribution < -0.4 is 9.80 Å². The summed E-state index contributed by atoms with van der Waals surface area (Å²) in [4.78, 5) is 13.1. The molecule has 1 aromatic carbocycles. The number of hydrogen-bond acceptors (Lipinski definition) is 5. The average molecular weight is 401 g/mol. The van der Waals surface area contributed by atoms with Crippen molar-refractivity contribution in [1.29, 1.82) is 5.26 Å². The largest absolute Gasteiger partial charge is 0.417 e. The zero-order valence-electron chi connectivity index (χ0n) is 16.2. The van der Waals surface area contributed by atoms with Gasteiger partial charge in [-0.05, 0) is 43.9 Å². The minimum absolute atomic E-state index is 0.240. The molecule has 1 saturated carbocycles. The molecular weight excluding hydrogens is 379 g/mol. The lowest BCUT2D eigenvalue weighted by molar-refractivity contribution is -0.137. The highest BCUT2D eigenvalue weighted by molar-refractivity contribution is 5.63. The van der Waals surface area contributed by atoms with Crippen molar-refractivity contribution in [3.8, 4) is 6.07 Å². The molecule has 5 nitrogen and oxygen atoms in total. The molecule has 0 bridgehead atoms. The number of rotatable bonds is 4. The van der Waals surface area contributed by atoms with Gasteiger partial charge in [-0.15, -0.1) is 0 Å². The van der Waals surface area contributed by atoms with Crippen molar-refractivity contribution in [2.24, 2.45) is 0 Å². The van der Waals surface area contributed by atoms with Crippen LogP contribution in [-0.2, 0) is 6.18 Å². The number of anilines is 2. The summed E-state index contributed by atoms with van der Waals surface area (Å²) in [6.45, 7) is 1.18. The van der Waals surface area contributed by atoms with E-state index in [0.29, 0.717) is 24.7 Å². The number of halogens is 3. The highest BCUT2D eigenvalue weighted by Crippen LogP contribution is 2.39. The Kier molecular flexibility index (Phi) is 5.07. The maximum atomic E-state index is 13.2. The second-order valence-electron chi connectivity index (χ2n) is 7.69. The van der Waals surface area contributed by atoms with Gasteiger partial charge in [-0.1, -0.05) is 6.07 Å². The molecule has 1 aliphatic carbocycles. The predicted molar refractivity (Wildman–Crippen MR) is 104 cm³/mol. The number of hydrogen-bond donors (Lipinski definition) is 0. The maximum absolute atomic E-state index is 13.2. The molecule has 4 rings (SSSR count). The number of nitrogens with zero attached hydrogens (tertiary/aromatic N) is 5. The lowest BCUT2D eigenvalue weighted by Crippen LogP contribution is -2.44. The van der Waals surface area contributed by atoms with E-state index in [1.54, 1.807) is 18.3 Å². The van der Waals surface area contributed by atoms with Crippen LogP contribution in [0.25, 0.3) is 0 Å². The van der Waals surface area contributed by atoms with Crippen molar-refractivity contribution >= 4 is 11.5 Å². The molecule has 1 saturated heterocycles. The minimum Gasteiger partial charge on any atom is -0.370 e. The number of benzene rings is 1. The van der Waals surface area contributed by atoms with Gasteiger partial charge in [0.15, 0.2) is 0 Å². The summed E-state index contributed by atoms with van der Waals surface area (Å²) in [5, 5.41) is 9.36. The number of aromatic nitrogens is 2. The summed E-state index contributed by atoms with van der Waals surface area (Å²) in [5.74, 6) is 2.27. The average Bonchev–Trinajstić information content (AvgIpc) is 3.57. The van der Waals surface area contributed by atoms with Crippen LogP contribution >= 0.6 is 0 Å². The van der Waals surface area contributed by atoms with Gasteiger partial charge in [-0.2, -0.15) is 18.4 Å². The van der Waals surface area contributed by atoms with E-state index in [1.807, 2.05) is 18.0 Å². The molecule has 0 amide bonds. The third-order valence-corrected chi connectivity index (χ3v) is 5.78. The van der Waals surface area contributed by atoms with E-state index in [1.165, 1.54) is 6.07 Å². The van der Waals surface area contributed by atoms with E-state index in [2.05, 4.69) is 14.9 Å². The van der Waals surface area contributed by atoms with Crippen molar-refractivity contribution < 1.29 is 13.2 Å². The van der Waals surface area contributed by atoms with Crippen LogP contribution in [0.4, 0.5) is 24.7 Å². The zero-order chi connectivity index (χ0) is 20.6. The van der Waals surface area contributed by atoms with Crippen molar-refractivity contribution in [3.05, 3.63) is 47.4 Å². The van der Waals surface area contributed by atoms with Gasteiger partial charge in [0.05, 0.1) is 16.8 Å². The van der Waals surface area contributed by atoms with Gasteiger partial charge in [0, 0.05) is 38.3 Å². The number of alkyl halides is 3. The van der Waals surface area contributed by atoms with E-state index in [0.717, 1.165) is 43.4 Å². The summed E-state index contributed by atoms with van der Waals surface area (Å²) < 4.78 is 39.7. The second-order valence-corrected chi connectivity index (χ2v) is 7.69. The first-order valence-electron chi connectivity index (χ1n) is 9.79. The fraction of sp³-hybridized carbons (Fsp3) is 0.476. The molecule has 1 aromatic heterocycles. The highest BCUT2D eigenvalue weighted by atomic mass is 19.4. The van der Waals surface area contributed by atoms with Gasteiger partial charge < -0.3 is 9.80 Å². The minimum atomic E-state index is -4.54. The molecular formula is C21H22F3N5. The molecule has 0 spiro atoms. The van der Waals surface area contributed by atoms with Crippen molar-refractivity contribution in [2.45, 2.75) is 43.8 Å². The van der Waals surface area contributed by atoms with Crippen molar-refractivity contribution in [2.75, 3.05) is 29.9 Å². The number of nitriles is 1. The van der Waals surface area contributed by atoms with Crippen molar-refractivity contribution in [1.82, 2.24) is 9.97 Å². The Morgan fingerprint density at radius 2 is 1.86 bits per heavy atom. The monoisotopic (exact) mass is 401 g/mol. The van der Waals surface area contributed by atoms with Gasteiger partial charge in [-0.25, -0.2) is 9.97 Å². The Balaban J connectivity index is 1.47. The topological polar surface area (TPSA) is 56.1 Å². The zero-order valence-corrected chi connectivity index (χ0v) is 16.2. The highest BCUT2D eigenvalue weighted by Gasteiger charge is 2.36. The molecule has 2 aliphatic rings. The molecule has 2 heterocycles. The van der Waals surface area contributed by atoms with E-state index in [-0.39, 0.29) is 11.6 Å². The van der Waals surface area contributed by atoms with Crippen LogP contribution in [0, 0.1) is 11.3 Å². The maximum Gasteiger partial charge on any atom is 0.417 e. The van der Waals surface area contributed by atoms with Crippen molar-refractivity contribution in [3.63, 3.8) is 0 Å². The molecule has 29 heavy (non-hydrogen) atoms. The van der Waals surface area contributed by atoms with Gasteiger partial charge in [0.1, 0.15) is 17.7 Å². The van der Waals surface area contributed by atoms with Crippen LogP contribution in [0.2, 0.25) is 0 Å². The first kappa shape index (κ1) is 19.5. The quantitative estimate of drug-likeness (QED) is 0.762. The molecule has 152 valence electrons. The van der Waals surface area contributed by atoms with Crippen LogP contribution in [0.5, 0.6) is 0 Å². The lowest BCUT2D eigenvalue weighted by Gasteiger charge is -2.38. The molecule has 1 aliphatic heterocycles. The third kappa shape index (κ3) is 4.00. The Bertz CT molecular complexity index is 925. The van der Waals surface area contributed by atoms with E-state index < -0.39 is 11.7 Å². The summed E-state index contributed by atoms with van der Waals surface area (Å²) >= 11 is 0. The summed E-state index contributed by atoms with van der Waals surface area (Å²) in [7, 11) is 2.00. The molecule has 0 atom stereocenters. The fourth-order valence-electron chi connectivity index (χ4n) is 3.94. The summed E-state index contributed by atoms with van der Waals surface area (Å²) in [6.07, 6.45) is 1.10. The summed E-state index contributed by atoms with van der Waals surface area (Å²) in [5.41, 5.74) is -0.802. The summed E-state index contributed by atoms with van der Waals surface area (Å²) in [6, 6.07) is 7.84. The third-order valence-electron chi connectivity index (χ3n) is 5.78. The lowest BCUT2D eigenvalue weighted by atomic mass is 9.99. The van der Waals surface area contributed by atoms with Gasteiger partial charge in [0.25, 0.3) is 0 Å². The van der Waals surface area contributed by atoms with Gasteiger partial charge in [0.2, 0.25) is 0 Å². The normalized spacial score (nSPS) is 17.8. The van der Waals surface area contributed by atoms with Gasteiger partial charge >= 0.3 is 6.18 Å². The van der Waals surface area contributed by atoms with E-state index >= 15 is 0 Å². The van der Waals surface area contributed by atoms with E-state index in [4.69, 9.17) is 0 Å². The Hall–Kier alpha value is -2.82. The Morgan fingerprint density at radius 1 is 1.14 bits per heavy atom. The predicted octanol–water partition coefficient (Wildman–Crippen LogP) is 4.35. The molecule has 2 aromatic rings. The molecule has 0 unspecified atom stereocenters. The van der Waals surface area contributed by atoms with Crippen LogP contribution in [0.3, 0.4) is 0 Å². The Morgan fingerprint density at radius 3 is 2.48 bits per heavy atom. The molecule has 2 fully saturated rings.